The molecule has 4 heterocycles. The van der Waals surface area contributed by atoms with E-state index in [-0.39, 0.29) is 5.82 Å². The first kappa shape index (κ1) is 22.2. The highest BCUT2D eigenvalue weighted by atomic mass is 19.1. The first-order chi connectivity index (χ1) is 17.6. The number of pyridine rings is 2. The number of aromatic nitrogens is 3. The third-order valence-corrected chi connectivity index (χ3v) is 6.32. The zero-order valence-electron chi connectivity index (χ0n) is 19.9. The van der Waals surface area contributed by atoms with Crippen molar-refractivity contribution < 1.29 is 13.9 Å². The van der Waals surface area contributed by atoms with Crippen molar-refractivity contribution in [3.05, 3.63) is 96.4 Å². The molecule has 180 valence electrons. The van der Waals surface area contributed by atoms with Crippen LogP contribution in [0.4, 0.5) is 10.2 Å². The van der Waals surface area contributed by atoms with Crippen LogP contribution in [0.2, 0.25) is 0 Å². The van der Waals surface area contributed by atoms with E-state index in [1.165, 1.54) is 17.7 Å². The van der Waals surface area contributed by atoms with E-state index in [9.17, 15) is 4.39 Å². The van der Waals surface area contributed by atoms with Gasteiger partial charge in [-0.15, -0.1) is 0 Å². The first-order valence-electron chi connectivity index (χ1n) is 12.0. The van der Waals surface area contributed by atoms with Gasteiger partial charge in [-0.25, -0.2) is 13.9 Å². The molecule has 1 saturated heterocycles. The number of fused-ring (bicyclic) bond motifs is 1. The largest absolute Gasteiger partial charge is 0.438 e. The molecule has 5 aromatic rings. The van der Waals surface area contributed by atoms with Crippen molar-refractivity contribution in [2.24, 2.45) is 0 Å². The number of benzene rings is 2. The van der Waals surface area contributed by atoms with E-state index in [1.54, 1.807) is 18.3 Å². The number of rotatable bonds is 5. The quantitative estimate of drug-likeness (QED) is 0.302. The van der Waals surface area contributed by atoms with E-state index in [2.05, 4.69) is 59.3 Å². The second kappa shape index (κ2) is 9.43. The number of anilines is 1. The minimum absolute atomic E-state index is 0.358. The predicted octanol–water partition coefficient (Wildman–Crippen LogP) is 6.14. The highest BCUT2D eigenvalue weighted by Crippen LogP contribution is 2.35. The van der Waals surface area contributed by atoms with Gasteiger partial charge in [-0.3, -0.25) is 0 Å². The van der Waals surface area contributed by atoms with Crippen LogP contribution >= 0.6 is 0 Å². The van der Waals surface area contributed by atoms with E-state index < -0.39 is 0 Å². The molecule has 1 aliphatic rings. The number of morpholine rings is 1. The lowest BCUT2D eigenvalue weighted by atomic mass is 10.1. The summed E-state index contributed by atoms with van der Waals surface area (Å²) in [6.07, 6.45) is 1.67. The van der Waals surface area contributed by atoms with E-state index in [0.29, 0.717) is 24.8 Å². The van der Waals surface area contributed by atoms with Crippen molar-refractivity contribution in [1.82, 2.24) is 14.6 Å². The van der Waals surface area contributed by atoms with E-state index in [1.807, 2.05) is 16.6 Å². The smallest absolute Gasteiger partial charge is 0.227 e. The number of nitrogens with zero attached hydrogens (tertiary/aromatic N) is 4. The van der Waals surface area contributed by atoms with Crippen LogP contribution in [0.15, 0.2) is 85.1 Å². The Kier molecular flexibility index (Phi) is 5.83. The molecular formula is C29H25FN4O2. The normalized spacial score (nSPS) is 13.8. The van der Waals surface area contributed by atoms with Crippen molar-refractivity contribution in [1.29, 1.82) is 0 Å². The molecule has 0 unspecified atom stereocenters. The van der Waals surface area contributed by atoms with E-state index in [0.717, 1.165) is 46.8 Å². The lowest BCUT2D eigenvalue weighted by Crippen LogP contribution is -2.37. The van der Waals surface area contributed by atoms with Gasteiger partial charge in [0, 0.05) is 36.5 Å². The average Bonchev–Trinajstić information content (AvgIpc) is 3.34. The Morgan fingerprint density at radius 1 is 0.889 bits per heavy atom. The van der Waals surface area contributed by atoms with Crippen LogP contribution in [-0.4, -0.2) is 40.9 Å². The van der Waals surface area contributed by atoms with Gasteiger partial charge in [0.1, 0.15) is 17.4 Å². The van der Waals surface area contributed by atoms with Crippen molar-refractivity contribution in [2.75, 3.05) is 31.2 Å². The summed E-state index contributed by atoms with van der Waals surface area (Å²) in [5.74, 6) is 1.43. The van der Waals surface area contributed by atoms with Gasteiger partial charge in [-0.1, -0.05) is 35.9 Å². The molecule has 36 heavy (non-hydrogen) atoms. The van der Waals surface area contributed by atoms with Gasteiger partial charge in [0.05, 0.1) is 24.4 Å². The minimum atomic E-state index is -0.358. The molecule has 0 spiro atoms. The van der Waals surface area contributed by atoms with Gasteiger partial charge in [0.25, 0.3) is 0 Å². The molecule has 1 aliphatic heterocycles. The molecule has 6 rings (SSSR count). The van der Waals surface area contributed by atoms with Gasteiger partial charge < -0.3 is 14.4 Å². The van der Waals surface area contributed by atoms with Gasteiger partial charge in [-0.05, 0) is 55.0 Å². The molecule has 0 atom stereocenters. The summed E-state index contributed by atoms with van der Waals surface area (Å²) in [5, 5.41) is 4.97. The Hall–Kier alpha value is -4.23. The Bertz CT molecular complexity index is 1520. The van der Waals surface area contributed by atoms with Gasteiger partial charge in [0.15, 0.2) is 0 Å². The van der Waals surface area contributed by atoms with Gasteiger partial charge in [-0.2, -0.15) is 5.10 Å². The molecule has 0 bridgehead atoms. The minimum Gasteiger partial charge on any atom is -0.438 e. The molecule has 3 aromatic heterocycles. The maximum absolute atomic E-state index is 13.8. The fourth-order valence-electron chi connectivity index (χ4n) is 4.46. The van der Waals surface area contributed by atoms with Crippen LogP contribution in [0.3, 0.4) is 0 Å². The number of hydrogen-bond acceptors (Lipinski definition) is 5. The van der Waals surface area contributed by atoms with Crippen molar-refractivity contribution in [3.63, 3.8) is 0 Å². The Morgan fingerprint density at radius 3 is 2.53 bits per heavy atom. The second-order valence-corrected chi connectivity index (χ2v) is 8.85. The lowest BCUT2D eigenvalue weighted by Gasteiger charge is -2.29. The molecule has 0 aliphatic carbocycles. The third-order valence-electron chi connectivity index (χ3n) is 6.32. The van der Waals surface area contributed by atoms with Crippen LogP contribution < -0.4 is 9.64 Å². The van der Waals surface area contributed by atoms with Crippen molar-refractivity contribution >= 4 is 11.3 Å². The Morgan fingerprint density at radius 2 is 1.72 bits per heavy atom. The highest BCUT2D eigenvalue weighted by Gasteiger charge is 2.19. The third kappa shape index (κ3) is 4.41. The number of halogens is 1. The lowest BCUT2D eigenvalue weighted by molar-refractivity contribution is 0.122. The van der Waals surface area contributed by atoms with Gasteiger partial charge >= 0.3 is 0 Å². The van der Waals surface area contributed by atoms with E-state index >= 15 is 0 Å². The summed E-state index contributed by atoms with van der Waals surface area (Å²) < 4.78 is 27.4. The number of hydrogen-bond donors (Lipinski definition) is 0. The summed E-state index contributed by atoms with van der Waals surface area (Å²) in [6, 6.07) is 24.6. The van der Waals surface area contributed by atoms with E-state index in [4.69, 9.17) is 14.6 Å². The maximum Gasteiger partial charge on any atom is 0.227 e. The molecule has 0 N–H and O–H groups in total. The molecule has 0 radical (unpaired) electrons. The molecule has 0 saturated carbocycles. The topological polar surface area (TPSA) is 51.9 Å². The second-order valence-electron chi connectivity index (χ2n) is 8.85. The van der Waals surface area contributed by atoms with Crippen LogP contribution in [-0.2, 0) is 4.74 Å². The zero-order chi connectivity index (χ0) is 24.5. The molecule has 6 nitrogen and oxygen atoms in total. The van der Waals surface area contributed by atoms with Crippen LogP contribution in [0.5, 0.6) is 11.6 Å². The summed E-state index contributed by atoms with van der Waals surface area (Å²) >= 11 is 0. The van der Waals surface area contributed by atoms with Crippen molar-refractivity contribution in [3.8, 4) is 34.0 Å². The average molecular weight is 481 g/mol. The maximum atomic E-state index is 13.8. The molecule has 0 amide bonds. The molecule has 1 fully saturated rings. The summed E-state index contributed by atoms with van der Waals surface area (Å²) in [5.41, 5.74) is 5.90. The first-order valence-corrected chi connectivity index (χ1v) is 12.0. The fraction of sp³-hybridized carbons (Fsp3) is 0.172. The van der Waals surface area contributed by atoms with Crippen LogP contribution in [0.25, 0.3) is 27.9 Å². The molecule has 7 heteroatoms. The standard InChI is InChI=1S/C29H25FN4O2/c1-20-7-9-21(10-8-20)27-19-24-16-22(17-28(34(24)32-27)33-12-14-35-15-13-33)26-6-3-11-31-29(26)36-25-5-2-4-23(30)18-25/h2-11,16-19H,12-15H2,1H3. The number of aryl methyl sites for hydroxylation is 1. The summed E-state index contributed by atoms with van der Waals surface area (Å²) in [4.78, 5) is 6.75. The Balaban J connectivity index is 1.48. The zero-order valence-corrected chi connectivity index (χ0v) is 19.9. The van der Waals surface area contributed by atoms with Crippen LogP contribution in [0, 0.1) is 12.7 Å². The predicted molar refractivity (Wildman–Crippen MR) is 138 cm³/mol. The van der Waals surface area contributed by atoms with Crippen molar-refractivity contribution in [2.45, 2.75) is 6.92 Å². The fourth-order valence-corrected chi connectivity index (χ4v) is 4.46. The summed E-state index contributed by atoms with van der Waals surface area (Å²) in [6.45, 7) is 4.96. The number of ether oxygens (including phenoxy) is 2. The van der Waals surface area contributed by atoms with Crippen LogP contribution in [0.1, 0.15) is 5.56 Å². The SMILES string of the molecule is Cc1ccc(-c2cc3cc(-c4cccnc4Oc4cccc(F)c4)cc(N4CCOCC4)n3n2)cc1. The molecule has 2 aromatic carbocycles. The van der Waals surface area contributed by atoms with Gasteiger partial charge in [0.2, 0.25) is 5.88 Å². The highest BCUT2D eigenvalue weighted by molar-refractivity contribution is 5.79. The monoisotopic (exact) mass is 480 g/mol. The Labute approximate surface area is 208 Å². The summed E-state index contributed by atoms with van der Waals surface area (Å²) in [7, 11) is 0. The molecular weight excluding hydrogens is 455 g/mol.